The van der Waals surface area contributed by atoms with Crippen LogP contribution in [0.1, 0.15) is 24.3 Å². The Morgan fingerprint density at radius 3 is 2.93 bits per heavy atom. The molecule has 0 saturated carbocycles. The number of aliphatic imine (C=N–C) groups is 1. The van der Waals surface area contributed by atoms with Gasteiger partial charge in [-0.05, 0) is 24.3 Å². The Bertz CT molecular complexity index is 1060. The number of pyridine rings is 1. The molecular formula is C19H23N9O. The number of fused-ring (bicyclic) bond motifs is 1. The summed E-state index contributed by atoms with van der Waals surface area (Å²) in [5.74, 6) is 3.23. The number of hydrogen-bond donors (Lipinski definition) is 2. The average Bonchev–Trinajstić information content (AvgIpc) is 3.50. The van der Waals surface area contributed by atoms with Gasteiger partial charge in [0.15, 0.2) is 17.4 Å². The van der Waals surface area contributed by atoms with Crippen LogP contribution in [0, 0.1) is 0 Å². The van der Waals surface area contributed by atoms with Crippen molar-refractivity contribution in [3.8, 4) is 0 Å². The predicted molar refractivity (Wildman–Crippen MR) is 107 cm³/mol. The highest BCUT2D eigenvalue weighted by Gasteiger charge is 2.07. The van der Waals surface area contributed by atoms with E-state index in [1.807, 2.05) is 45.5 Å². The van der Waals surface area contributed by atoms with Gasteiger partial charge >= 0.3 is 0 Å². The summed E-state index contributed by atoms with van der Waals surface area (Å²) in [5, 5.41) is 23.1. The summed E-state index contributed by atoms with van der Waals surface area (Å²) in [6.45, 7) is 4.41. The highest BCUT2D eigenvalue weighted by atomic mass is 16.3. The Morgan fingerprint density at radius 2 is 2.07 bits per heavy atom. The molecule has 0 aliphatic heterocycles. The molecule has 0 fully saturated rings. The van der Waals surface area contributed by atoms with Crippen LogP contribution in [0.5, 0.6) is 0 Å². The minimum absolute atomic E-state index is 0.394. The van der Waals surface area contributed by atoms with Crippen LogP contribution in [0.2, 0.25) is 0 Å². The lowest BCUT2D eigenvalue weighted by Gasteiger charge is -2.12. The van der Waals surface area contributed by atoms with Crippen molar-refractivity contribution in [2.45, 2.75) is 33.0 Å². The van der Waals surface area contributed by atoms with Gasteiger partial charge in [-0.15, -0.1) is 20.4 Å². The molecule has 0 radical (unpaired) electrons. The summed E-state index contributed by atoms with van der Waals surface area (Å²) in [5.41, 5.74) is 0.801. The molecule has 0 aliphatic carbocycles. The molecule has 2 N–H and O–H groups in total. The van der Waals surface area contributed by atoms with Gasteiger partial charge in [0, 0.05) is 25.7 Å². The van der Waals surface area contributed by atoms with Crippen molar-refractivity contribution in [1.29, 1.82) is 0 Å². The maximum atomic E-state index is 5.39. The molecule has 0 aromatic carbocycles. The summed E-state index contributed by atoms with van der Waals surface area (Å²) in [6.07, 6.45) is 6.18. The summed E-state index contributed by atoms with van der Waals surface area (Å²) in [7, 11) is 0. The number of aryl methyl sites for hydroxylation is 1. The molecular weight excluding hydrogens is 370 g/mol. The highest BCUT2D eigenvalue weighted by molar-refractivity contribution is 5.79. The van der Waals surface area contributed by atoms with E-state index in [-0.39, 0.29) is 0 Å². The molecule has 0 bridgehead atoms. The van der Waals surface area contributed by atoms with E-state index in [2.05, 4.69) is 42.9 Å². The third-order valence-corrected chi connectivity index (χ3v) is 4.43. The van der Waals surface area contributed by atoms with Crippen LogP contribution in [-0.2, 0) is 26.1 Å². The Labute approximate surface area is 167 Å². The molecule has 4 heterocycles. The van der Waals surface area contributed by atoms with Gasteiger partial charge in [-0.3, -0.25) is 4.40 Å². The van der Waals surface area contributed by atoms with Crippen LogP contribution in [0.4, 0.5) is 0 Å². The van der Waals surface area contributed by atoms with E-state index < -0.39 is 0 Å². The minimum atomic E-state index is 0.394. The van der Waals surface area contributed by atoms with Crippen molar-refractivity contribution in [2.75, 3.05) is 6.54 Å². The zero-order chi connectivity index (χ0) is 19.9. The molecule has 0 spiro atoms. The van der Waals surface area contributed by atoms with Gasteiger partial charge in [0.05, 0.1) is 12.8 Å². The van der Waals surface area contributed by atoms with Crippen molar-refractivity contribution in [3.05, 3.63) is 66.5 Å². The lowest BCUT2D eigenvalue weighted by atomic mass is 10.4. The third kappa shape index (κ3) is 4.60. The van der Waals surface area contributed by atoms with Gasteiger partial charge in [-0.2, -0.15) is 0 Å². The van der Waals surface area contributed by atoms with Crippen molar-refractivity contribution in [3.63, 3.8) is 0 Å². The van der Waals surface area contributed by atoms with Crippen molar-refractivity contribution < 1.29 is 4.42 Å². The molecule has 0 amide bonds. The van der Waals surface area contributed by atoms with Gasteiger partial charge in [0.1, 0.15) is 24.5 Å². The van der Waals surface area contributed by atoms with Crippen molar-refractivity contribution >= 4 is 11.6 Å². The zero-order valence-electron chi connectivity index (χ0n) is 16.2. The van der Waals surface area contributed by atoms with Gasteiger partial charge in [-0.25, -0.2) is 4.99 Å². The fraction of sp³-hybridized carbons (Fsp3) is 0.316. The third-order valence-electron chi connectivity index (χ3n) is 4.43. The number of hydrogen-bond acceptors (Lipinski definition) is 6. The smallest absolute Gasteiger partial charge is 0.192 e. The fourth-order valence-corrected chi connectivity index (χ4v) is 2.94. The molecule has 4 rings (SSSR count). The minimum Gasteiger partial charge on any atom is -0.467 e. The van der Waals surface area contributed by atoms with E-state index in [0.717, 1.165) is 36.0 Å². The molecule has 0 unspecified atom stereocenters. The SMILES string of the molecule is CCc1nncn1CCNC(=NCc1nnc2ccccn12)NCc1ccco1. The quantitative estimate of drug-likeness (QED) is 0.344. The number of nitrogens with zero attached hydrogens (tertiary/aromatic N) is 7. The second kappa shape index (κ2) is 9.00. The highest BCUT2D eigenvalue weighted by Crippen LogP contribution is 2.04. The summed E-state index contributed by atoms with van der Waals surface area (Å²) >= 11 is 0. The van der Waals surface area contributed by atoms with Crippen LogP contribution < -0.4 is 10.6 Å². The molecule has 0 atom stereocenters. The fourth-order valence-electron chi connectivity index (χ4n) is 2.94. The molecule has 10 heteroatoms. The number of furan rings is 1. The van der Waals surface area contributed by atoms with Crippen molar-refractivity contribution in [1.82, 2.24) is 40.0 Å². The summed E-state index contributed by atoms with van der Waals surface area (Å²) in [6, 6.07) is 9.58. The summed E-state index contributed by atoms with van der Waals surface area (Å²) in [4.78, 5) is 4.67. The first-order valence-electron chi connectivity index (χ1n) is 9.53. The van der Waals surface area contributed by atoms with Crippen LogP contribution in [0.3, 0.4) is 0 Å². The van der Waals surface area contributed by atoms with Gasteiger partial charge in [0.25, 0.3) is 0 Å². The zero-order valence-corrected chi connectivity index (χ0v) is 16.2. The first-order chi connectivity index (χ1) is 14.3. The normalized spacial score (nSPS) is 11.8. The Kier molecular flexibility index (Phi) is 5.79. The second-order valence-corrected chi connectivity index (χ2v) is 6.36. The van der Waals surface area contributed by atoms with Gasteiger partial charge in [-0.1, -0.05) is 13.0 Å². The number of rotatable bonds is 8. The van der Waals surface area contributed by atoms with Gasteiger partial charge in [0.2, 0.25) is 0 Å². The molecule has 150 valence electrons. The van der Waals surface area contributed by atoms with Crippen LogP contribution >= 0.6 is 0 Å². The topological polar surface area (TPSA) is 110 Å². The lowest BCUT2D eigenvalue weighted by Crippen LogP contribution is -2.38. The van der Waals surface area contributed by atoms with E-state index in [1.54, 1.807) is 12.6 Å². The maximum absolute atomic E-state index is 5.39. The van der Waals surface area contributed by atoms with Crippen LogP contribution in [0.25, 0.3) is 5.65 Å². The number of guanidine groups is 1. The molecule has 0 aliphatic rings. The second-order valence-electron chi connectivity index (χ2n) is 6.36. The first kappa shape index (κ1) is 18.7. The molecule has 10 nitrogen and oxygen atoms in total. The van der Waals surface area contributed by atoms with E-state index in [4.69, 9.17) is 4.42 Å². The van der Waals surface area contributed by atoms with Gasteiger partial charge < -0.3 is 19.6 Å². The Hall–Kier alpha value is -3.69. The van der Waals surface area contributed by atoms with Crippen molar-refractivity contribution in [2.24, 2.45) is 4.99 Å². The largest absolute Gasteiger partial charge is 0.467 e. The molecule has 4 aromatic heterocycles. The number of aromatic nitrogens is 6. The number of nitrogens with one attached hydrogen (secondary N) is 2. The maximum Gasteiger partial charge on any atom is 0.192 e. The predicted octanol–water partition coefficient (Wildman–Crippen LogP) is 1.41. The van der Waals surface area contributed by atoms with E-state index in [1.165, 1.54) is 0 Å². The van der Waals surface area contributed by atoms with Crippen LogP contribution in [-0.4, -0.2) is 41.9 Å². The Morgan fingerprint density at radius 1 is 1.10 bits per heavy atom. The van der Waals surface area contributed by atoms with E-state index in [0.29, 0.717) is 25.6 Å². The summed E-state index contributed by atoms with van der Waals surface area (Å²) < 4.78 is 9.35. The lowest BCUT2D eigenvalue weighted by molar-refractivity contribution is 0.500. The molecule has 29 heavy (non-hydrogen) atoms. The van der Waals surface area contributed by atoms with E-state index in [9.17, 15) is 0 Å². The Balaban J connectivity index is 1.42. The first-order valence-corrected chi connectivity index (χ1v) is 9.53. The molecule has 4 aromatic rings. The van der Waals surface area contributed by atoms with E-state index >= 15 is 0 Å². The molecule has 0 saturated heterocycles. The van der Waals surface area contributed by atoms with Crippen LogP contribution in [0.15, 0.2) is 58.5 Å². The average molecular weight is 393 g/mol. The monoisotopic (exact) mass is 393 g/mol. The standard InChI is InChI=1S/C19H23N9O/c1-2-16-24-23-14-27(16)10-8-20-19(21-12-15-6-5-11-29-15)22-13-18-26-25-17-7-3-4-9-28(17)18/h3-7,9,11,14H,2,8,10,12-13H2,1H3,(H2,20,21,22).